The van der Waals surface area contributed by atoms with Gasteiger partial charge in [0.2, 0.25) is 0 Å². The zero-order valence-electron chi connectivity index (χ0n) is 10.2. The van der Waals surface area contributed by atoms with Gasteiger partial charge in [-0.2, -0.15) is 0 Å². The van der Waals surface area contributed by atoms with Crippen LogP contribution in [0.2, 0.25) is 0 Å². The van der Waals surface area contributed by atoms with Crippen LogP contribution in [0.1, 0.15) is 11.1 Å². The fourth-order valence-electron chi connectivity index (χ4n) is 1.72. The third-order valence-corrected chi connectivity index (χ3v) is 4.24. The Hall–Kier alpha value is -1.60. The van der Waals surface area contributed by atoms with E-state index in [1.807, 2.05) is 24.3 Å². The number of hydrogen-bond donors (Lipinski definition) is 0. The summed E-state index contributed by atoms with van der Waals surface area (Å²) in [5.41, 5.74) is 2.41. The average Bonchev–Trinajstić information content (AvgIpc) is 2.45. The Kier molecular flexibility index (Phi) is 4.98. The molecule has 0 spiro atoms. The second-order valence-corrected chi connectivity index (χ2v) is 6.00. The van der Waals surface area contributed by atoms with Gasteiger partial charge in [0.25, 0.3) is 0 Å². The van der Waals surface area contributed by atoms with E-state index in [1.165, 1.54) is 11.1 Å². The number of hydrogen-bond acceptors (Lipinski definition) is 3. The molecule has 0 aliphatic carbocycles. The smallest absolute Gasteiger partial charge is 0.265 e. The molecule has 0 radical (unpaired) electrons. The number of nitrogens with zero attached hydrogens (tertiary/aromatic N) is 2. The van der Waals surface area contributed by atoms with Gasteiger partial charge in [-0.25, -0.2) is 0 Å². The molecule has 0 bridgehead atoms. The number of rotatable bonds is 6. The monoisotopic (exact) mass is 259 g/mol. The van der Waals surface area contributed by atoms with Crippen LogP contribution in [0, 0.1) is 0 Å². The van der Waals surface area contributed by atoms with Crippen molar-refractivity contribution in [1.82, 2.24) is 9.97 Å². The third kappa shape index (κ3) is 4.34. The minimum Gasteiger partial charge on any atom is -0.265 e. The Balaban J connectivity index is 1.73. The van der Waals surface area contributed by atoms with Crippen molar-refractivity contribution in [1.29, 1.82) is 0 Å². The first kappa shape index (κ1) is 12.8. The van der Waals surface area contributed by atoms with Crippen LogP contribution in [0.4, 0.5) is 0 Å². The van der Waals surface area contributed by atoms with Crippen LogP contribution in [0.5, 0.6) is 0 Å². The Morgan fingerprint density at radius 1 is 0.778 bits per heavy atom. The summed E-state index contributed by atoms with van der Waals surface area (Å²) in [5.74, 6) is 0. The summed E-state index contributed by atoms with van der Waals surface area (Å²) in [5, 5.41) is 0. The lowest BCUT2D eigenvalue weighted by molar-refractivity contribution is 0.587. The van der Waals surface area contributed by atoms with Crippen LogP contribution >= 0.6 is 7.80 Å². The molecule has 92 valence electrons. The van der Waals surface area contributed by atoms with Gasteiger partial charge in [0.15, 0.2) is 0 Å². The molecule has 0 unspecified atom stereocenters. The van der Waals surface area contributed by atoms with Crippen molar-refractivity contribution in [3.8, 4) is 0 Å². The zero-order valence-corrected chi connectivity index (χ0v) is 11.1. The van der Waals surface area contributed by atoms with Crippen molar-refractivity contribution in [2.24, 2.45) is 0 Å². The predicted octanol–water partition coefficient (Wildman–Crippen LogP) is 3.09. The maximum atomic E-state index is 11.9. The third-order valence-electron chi connectivity index (χ3n) is 2.80. The van der Waals surface area contributed by atoms with E-state index >= 15 is 0 Å². The molecule has 0 aliphatic rings. The summed E-state index contributed by atoms with van der Waals surface area (Å²) in [4.78, 5) is 7.94. The van der Waals surface area contributed by atoms with Gasteiger partial charge in [-0.15, -0.1) is 0 Å². The molecule has 0 saturated carbocycles. The molecule has 2 aromatic rings. The molecule has 4 heteroatoms. The van der Waals surface area contributed by atoms with Gasteiger partial charge in [-0.05, 0) is 35.4 Å². The summed E-state index contributed by atoms with van der Waals surface area (Å²) >= 11 is 0. The van der Waals surface area contributed by atoms with Crippen molar-refractivity contribution < 1.29 is 4.57 Å². The van der Waals surface area contributed by atoms with Crippen molar-refractivity contribution in [2.45, 2.75) is 12.8 Å². The average molecular weight is 259 g/mol. The van der Waals surface area contributed by atoms with Crippen LogP contribution in [-0.4, -0.2) is 22.3 Å². The minimum absolute atomic E-state index is 0.754. The van der Waals surface area contributed by atoms with Gasteiger partial charge in [0, 0.05) is 37.6 Å². The molecule has 2 rings (SSSR count). The first-order chi connectivity index (χ1) is 8.84. The van der Waals surface area contributed by atoms with E-state index in [9.17, 15) is 4.57 Å². The topological polar surface area (TPSA) is 42.9 Å². The molecule has 2 heterocycles. The second kappa shape index (κ2) is 6.97. The van der Waals surface area contributed by atoms with E-state index < -0.39 is 7.80 Å². The van der Waals surface area contributed by atoms with Crippen LogP contribution in [0.15, 0.2) is 49.1 Å². The second-order valence-electron chi connectivity index (χ2n) is 4.14. The molecule has 3 nitrogen and oxygen atoms in total. The summed E-state index contributed by atoms with van der Waals surface area (Å²) in [7, 11) is -1.12. The van der Waals surface area contributed by atoms with Gasteiger partial charge in [0.1, 0.15) is 12.3 Å². The minimum atomic E-state index is -1.12. The van der Waals surface area contributed by atoms with Gasteiger partial charge >= 0.3 is 7.80 Å². The molecule has 0 saturated heterocycles. The molecule has 0 atom stereocenters. The molecule has 18 heavy (non-hydrogen) atoms. The summed E-state index contributed by atoms with van der Waals surface area (Å²) in [6.07, 6.45) is 10.4. The van der Waals surface area contributed by atoms with E-state index in [1.54, 1.807) is 24.8 Å². The summed E-state index contributed by atoms with van der Waals surface area (Å²) in [6.45, 7) is 0. The molecule has 2 aromatic heterocycles. The van der Waals surface area contributed by atoms with Gasteiger partial charge in [0.05, 0.1) is 0 Å². The normalized spacial score (nSPS) is 10.2. The number of aromatic nitrogens is 2. The molecule has 0 aliphatic heterocycles. The molecular formula is C14H16N2OP+. The molecule has 0 amide bonds. The highest BCUT2D eigenvalue weighted by molar-refractivity contribution is 7.44. The van der Waals surface area contributed by atoms with Gasteiger partial charge in [-0.3, -0.25) is 9.97 Å². The van der Waals surface area contributed by atoms with Crippen molar-refractivity contribution in [2.75, 3.05) is 12.3 Å². The lowest BCUT2D eigenvalue weighted by Crippen LogP contribution is -1.93. The van der Waals surface area contributed by atoms with E-state index in [0.717, 1.165) is 25.2 Å². The fraction of sp³-hybridized carbons (Fsp3) is 0.286. The Bertz CT molecular complexity index is 442. The van der Waals surface area contributed by atoms with E-state index in [0.29, 0.717) is 0 Å². The molecule has 0 fully saturated rings. The highest BCUT2D eigenvalue weighted by atomic mass is 31.1. The largest absolute Gasteiger partial charge is 0.339 e. The van der Waals surface area contributed by atoms with Crippen LogP contribution in [0.3, 0.4) is 0 Å². The Morgan fingerprint density at radius 3 is 1.56 bits per heavy atom. The number of aryl methyl sites for hydroxylation is 2. The van der Waals surface area contributed by atoms with Crippen LogP contribution in [0.25, 0.3) is 0 Å². The first-order valence-corrected chi connectivity index (χ1v) is 7.67. The number of pyridine rings is 2. The molecular weight excluding hydrogens is 243 g/mol. The maximum Gasteiger partial charge on any atom is 0.339 e. The highest BCUT2D eigenvalue weighted by Crippen LogP contribution is 2.23. The van der Waals surface area contributed by atoms with Crippen molar-refractivity contribution >= 4 is 7.80 Å². The summed E-state index contributed by atoms with van der Waals surface area (Å²) < 4.78 is 11.9. The quantitative estimate of drug-likeness (QED) is 0.749. The highest BCUT2D eigenvalue weighted by Gasteiger charge is 2.14. The Morgan fingerprint density at radius 2 is 1.17 bits per heavy atom. The van der Waals surface area contributed by atoms with E-state index in [-0.39, 0.29) is 0 Å². The lowest BCUT2D eigenvalue weighted by atomic mass is 10.2. The van der Waals surface area contributed by atoms with Crippen LogP contribution in [-0.2, 0) is 17.4 Å². The van der Waals surface area contributed by atoms with Crippen molar-refractivity contribution in [3.63, 3.8) is 0 Å². The fourth-order valence-corrected chi connectivity index (χ4v) is 2.96. The van der Waals surface area contributed by atoms with Crippen molar-refractivity contribution in [3.05, 3.63) is 60.2 Å². The van der Waals surface area contributed by atoms with E-state index in [4.69, 9.17) is 0 Å². The standard InChI is InChI=1S/C14H16N2OP/c17-18(11-5-13-1-7-15-8-2-13)12-6-14-3-9-16-10-4-14/h1-4,7-10H,5-6,11-12H2/q+1. The maximum absolute atomic E-state index is 11.9. The SMILES string of the molecule is O=[P+](CCc1ccncc1)CCc1ccncc1. The molecule has 0 aromatic carbocycles. The van der Waals surface area contributed by atoms with Crippen LogP contribution < -0.4 is 0 Å². The first-order valence-electron chi connectivity index (χ1n) is 6.04. The molecule has 0 N–H and O–H groups in total. The lowest BCUT2D eigenvalue weighted by Gasteiger charge is -1.95. The summed E-state index contributed by atoms with van der Waals surface area (Å²) in [6, 6.07) is 7.91. The van der Waals surface area contributed by atoms with Gasteiger partial charge < -0.3 is 0 Å². The van der Waals surface area contributed by atoms with E-state index in [2.05, 4.69) is 9.97 Å². The van der Waals surface area contributed by atoms with Gasteiger partial charge in [-0.1, -0.05) is 4.57 Å². The zero-order chi connectivity index (χ0) is 12.6. The Labute approximate surface area is 108 Å². The predicted molar refractivity (Wildman–Crippen MR) is 73.2 cm³/mol.